The Labute approximate surface area is 329 Å². The van der Waals surface area contributed by atoms with Gasteiger partial charge in [-0.05, 0) is 88.5 Å². The van der Waals surface area contributed by atoms with Crippen LogP contribution in [0.3, 0.4) is 0 Å². The van der Waals surface area contributed by atoms with Gasteiger partial charge in [-0.25, -0.2) is 0 Å². The van der Waals surface area contributed by atoms with Crippen molar-refractivity contribution in [3.8, 4) is 0 Å². The first-order valence-corrected chi connectivity index (χ1v) is 17.4. The lowest BCUT2D eigenvalue weighted by atomic mass is 10.00. The van der Waals surface area contributed by atoms with E-state index in [1.807, 2.05) is 80.6 Å². The van der Waals surface area contributed by atoms with Gasteiger partial charge in [0.05, 0.1) is 23.2 Å². The molecule has 0 spiro atoms. The molecule has 0 fully saturated rings. The monoisotopic (exact) mass is 781 g/mol. The normalized spacial score (nSPS) is 12.1. The maximum Gasteiger partial charge on any atom is 0.418 e. The number of benzene rings is 6. The van der Waals surface area contributed by atoms with Crippen LogP contribution in [0, 0.1) is 6.58 Å². The molecule has 57 heavy (non-hydrogen) atoms. The van der Waals surface area contributed by atoms with Gasteiger partial charge < -0.3 is 10.6 Å². The third-order valence-corrected chi connectivity index (χ3v) is 8.53. The van der Waals surface area contributed by atoms with Crippen LogP contribution in [0.2, 0.25) is 0 Å². The van der Waals surface area contributed by atoms with E-state index in [1.54, 1.807) is 0 Å². The maximum atomic E-state index is 12.8. The molecule has 0 aliphatic heterocycles. The van der Waals surface area contributed by atoms with Crippen molar-refractivity contribution < 1.29 is 35.9 Å². The Hall–Kier alpha value is -6.51. The Bertz CT molecular complexity index is 2320. The first kappa shape index (κ1) is 44.9. The van der Waals surface area contributed by atoms with E-state index in [9.17, 15) is 35.9 Å². The lowest BCUT2D eigenvalue weighted by Gasteiger charge is -2.15. The molecule has 2 N–H and O–H groups in total. The average molecular weight is 782 g/mol. The van der Waals surface area contributed by atoms with Crippen LogP contribution in [0.5, 0.6) is 0 Å². The molecule has 10 heteroatoms. The lowest BCUT2D eigenvalue weighted by molar-refractivity contribution is -0.138. The summed E-state index contributed by atoms with van der Waals surface area (Å²) in [7, 11) is 0. The molecule has 2 amide bonds. The zero-order valence-electron chi connectivity index (χ0n) is 30.5. The zero-order valence-corrected chi connectivity index (χ0v) is 30.5. The summed E-state index contributed by atoms with van der Waals surface area (Å²) in [6, 6.07) is 37.5. The summed E-state index contributed by atoms with van der Waals surface area (Å²) in [5, 5.41) is 10.2. The Morgan fingerprint density at radius 3 is 1.46 bits per heavy atom. The number of nitrogens with one attached hydrogen (secondary N) is 2. The molecule has 0 aliphatic rings. The summed E-state index contributed by atoms with van der Waals surface area (Å²) < 4.78 is 74.4. The summed E-state index contributed by atoms with van der Waals surface area (Å²) in [5.41, 5.74) is 1.37. The van der Waals surface area contributed by atoms with Crippen LogP contribution in [0.15, 0.2) is 152 Å². The molecule has 294 valence electrons. The minimum atomic E-state index is -4.41. The summed E-state index contributed by atoms with van der Waals surface area (Å²) in [4.78, 5) is 23.5. The van der Waals surface area contributed by atoms with Crippen molar-refractivity contribution in [1.82, 2.24) is 10.6 Å². The van der Waals surface area contributed by atoms with E-state index in [1.165, 1.54) is 53.3 Å². The van der Waals surface area contributed by atoms with Gasteiger partial charge in [0.1, 0.15) is 5.56 Å². The molecule has 4 nitrogen and oxygen atoms in total. The van der Waals surface area contributed by atoms with E-state index in [0.29, 0.717) is 11.1 Å². The van der Waals surface area contributed by atoms with Crippen molar-refractivity contribution in [2.75, 3.05) is 0 Å². The fourth-order valence-electron chi connectivity index (χ4n) is 5.75. The number of rotatable bonds is 8. The highest BCUT2D eigenvalue weighted by Gasteiger charge is 2.31. The first-order chi connectivity index (χ1) is 26.6. The molecule has 6 aromatic rings. The Balaban J connectivity index is 0.000000248. The van der Waals surface area contributed by atoms with E-state index >= 15 is 0 Å². The minimum absolute atomic E-state index is 0. The molecule has 0 heterocycles. The molecule has 6 aromatic carbocycles. The Morgan fingerprint density at radius 1 is 0.596 bits per heavy atom. The molecule has 0 unspecified atom stereocenters. The van der Waals surface area contributed by atoms with Crippen LogP contribution in [-0.2, 0) is 21.9 Å². The third kappa shape index (κ3) is 13.0. The van der Waals surface area contributed by atoms with Crippen molar-refractivity contribution in [3.63, 3.8) is 0 Å². The molecule has 2 atom stereocenters. The number of fused-ring (bicyclic) bond motifs is 2. The highest BCUT2D eigenvalue weighted by atomic mass is 19.4. The number of carbonyl (C=O) groups excluding carboxylic acids is 2. The van der Waals surface area contributed by atoms with Crippen molar-refractivity contribution in [3.05, 3.63) is 192 Å². The van der Waals surface area contributed by atoms with E-state index < -0.39 is 23.5 Å². The Kier molecular flexibility index (Phi) is 16.1. The van der Waals surface area contributed by atoms with Crippen LogP contribution in [0.1, 0.15) is 66.7 Å². The third-order valence-electron chi connectivity index (χ3n) is 8.53. The summed E-state index contributed by atoms with van der Waals surface area (Å²) in [5.74, 6) is -0.515. The van der Waals surface area contributed by atoms with Gasteiger partial charge in [-0.3, -0.25) is 9.59 Å². The minimum Gasteiger partial charge on any atom is -0.346 e. The van der Waals surface area contributed by atoms with E-state index in [2.05, 4.69) is 35.4 Å². The zero-order chi connectivity index (χ0) is 40.9. The van der Waals surface area contributed by atoms with Crippen LogP contribution < -0.4 is 10.6 Å². The van der Waals surface area contributed by atoms with Gasteiger partial charge in [0, 0.05) is 24.8 Å². The second-order valence-electron chi connectivity index (χ2n) is 12.5. The summed E-state index contributed by atoms with van der Waals surface area (Å²) >= 11 is 0. The summed E-state index contributed by atoms with van der Waals surface area (Å²) in [6.07, 6.45) is -3.65. The quantitative estimate of drug-likeness (QED) is 0.0918. The van der Waals surface area contributed by atoms with Crippen molar-refractivity contribution >= 4 is 45.5 Å². The summed E-state index contributed by atoms with van der Waals surface area (Å²) in [6.45, 7) is 12.4. The predicted octanol–water partition coefficient (Wildman–Crippen LogP) is 12.7. The molecule has 0 radical (unpaired) electrons. The SMILES string of the molecule is C.C=CC(=O)N[C@H](C)c1cccc2ccccc12.C[C@@H](NC(=O)/C=C/c1cccc(C(F)(F)F)c1)c1cccc2ccccc12.[CH+]=Cc1cccc(C(F)(F)F)c1. The lowest BCUT2D eigenvalue weighted by Crippen LogP contribution is -2.24. The maximum absolute atomic E-state index is 12.8. The molecule has 0 aromatic heterocycles. The molecule has 0 bridgehead atoms. The molecular weight excluding hydrogens is 739 g/mol. The molecule has 0 saturated heterocycles. The van der Waals surface area contributed by atoms with Crippen LogP contribution >= 0.6 is 0 Å². The number of carbonyl (C=O) groups is 2. The molecular formula is C47H43F6N2O2+. The fraction of sp³-hybridized carbons (Fsp3) is 0.149. The second-order valence-corrected chi connectivity index (χ2v) is 12.5. The number of amides is 2. The standard InChI is InChI=1S/C22H18F3NO.C15H15NO.C9H6F3.CH4/c1-15(19-11-5-8-17-7-2-3-10-20(17)19)26-21(27)13-12-16-6-4-9-18(14-16)22(23,24)25;1-3-15(17)16-11(2)13-10-6-8-12-7-4-5-9-14(12)13;1-2-7-4-3-5-8(6-7)9(10,11)12;/h2-15H,1H3,(H,26,27);3-11H,1H2,2H3,(H,16,17);1-6H;1H4/q;;+1;/b13-12+;;;/t15-;11-;;/m11../s1. The van der Waals surface area contributed by atoms with Gasteiger partial charge in [0.25, 0.3) is 0 Å². The van der Waals surface area contributed by atoms with E-state index in [4.69, 9.17) is 6.58 Å². The number of hydrogen-bond acceptors (Lipinski definition) is 2. The average Bonchev–Trinajstić information content (AvgIpc) is 3.19. The largest absolute Gasteiger partial charge is 0.418 e. The van der Waals surface area contributed by atoms with Crippen molar-refractivity contribution in [2.45, 2.75) is 45.7 Å². The van der Waals surface area contributed by atoms with Crippen LogP contribution in [0.25, 0.3) is 33.7 Å². The number of halogens is 6. The van der Waals surface area contributed by atoms with Gasteiger partial charge in [0.15, 0.2) is 6.08 Å². The second kappa shape index (κ2) is 20.4. The van der Waals surface area contributed by atoms with Gasteiger partial charge in [-0.1, -0.05) is 111 Å². The molecule has 0 aliphatic carbocycles. The predicted molar refractivity (Wildman–Crippen MR) is 219 cm³/mol. The highest BCUT2D eigenvalue weighted by Crippen LogP contribution is 2.31. The Morgan fingerprint density at radius 2 is 1.00 bits per heavy atom. The van der Waals surface area contributed by atoms with Crippen molar-refractivity contribution in [1.29, 1.82) is 0 Å². The number of alkyl halides is 6. The topological polar surface area (TPSA) is 58.2 Å². The molecule has 0 saturated carbocycles. The fourth-order valence-corrected chi connectivity index (χ4v) is 5.75. The van der Waals surface area contributed by atoms with Crippen LogP contribution in [0.4, 0.5) is 26.3 Å². The highest BCUT2D eigenvalue weighted by molar-refractivity contribution is 5.93. The molecule has 6 rings (SSSR count). The van der Waals surface area contributed by atoms with E-state index in [0.717, 1.165) is 52.2 Å². The van der Waals surface area contributed by atoms with Crippen molar-refractivity contribution in [2.24, 2.45) is 0 Å². The van der Waals surface area contributed by atoms with Gasteiger partial charge in [-0.15, -0.1) is 0 Å². The van der Waals surface area contributed by atoms with Gasteiger partial charge >= 0.3 is 12.4 Å². The number of hydrogen-bond donors (Lipinski definition) is 2. The van der Waals surface area contributed by atoms with E-state index in [-0.39, 0.29) is 31.3 Å². The van der Waals surface area contributed by atoms with Gasteiger partial charge in [0.2, 0.25) is 11.8 Å². The van der Waals surface area contributed by atoms with Crippen LogP contribution in [-0.4, -0.2) is 11.8 Å². The first-order valence-electron chi connectivity index (χ1n) is 17.4. The smallest absolute Gasteiger partial charge is 0.346 e. The van der Waals surface area contributed by atoms with Gasteiger partial charge in [-0.2, -0.15) is 26.3 Å².